The highest BCUT2D eigenvalue weighted by Gasteiger charge is 2.31. The molecule has 0 aromatic heterocycles. The van der Waals surface area contributed by atoms with Crippen LogP contribution in [0, 0.1) is 0 Å². The molecule has 2 aliphatic rings. The Kier molecular flexibility index (Phi) is 5.84. The van der Waals surface area contributed by atoms with E-state index < -0.39 is 0 Å². The first kappa shape index (κ1) is 16.2. The van der Waals surface area contributed by atoms with Gasteiger partial charge in [0.15, 0.2) is 0 Å². The Labute approximate surface area is 124 Å². The number of likely N-dealkylation sites (N-methyl/N-ethyl adjacent to an activating group) is 1. The second kappa shape index (κ2) is 7.21. The van der Waals surface area contributed by atoms with Crippen molar-refractivity contribution >= 4 is 0 Å². The van der Waals surface area contributed by atoms with Crippen LogP contribution in [0.25, 0.3) is 0 Å². The van der Waals surface area contributed by atoms with Gasteiger partial charge in [0, 0.05) is 37.3 Å². The van der Waals surface area contributed by atoms with Crippen LogP contribution >= 0.6 is 0 Å². The number of hydrogen-bond acceptors (Lipinski definition) is 4. The van der Waals surface area contributed by atoms with E-state index in [-0.39, 0.29) is 12.1 Å². The molecule has 20 heavy (non-hydrogen) atoms. The van der Waals surface area contributed by atoms with Gasteiger partial charge in [-0.2, -0.15) is 0 Å². The summed E-state index contributed by atoms with van der Waals surface area (Å²) in [4.78, 5) is 5.04. The van der Waals surface area contributed by atoms with Gasteiger partial charge in [0.05, 0.1) is 6.61 Å². The summed E-state index contributed by atoms with van der Waals surface area (Å²) >= 11 is 0. The van der Waals surface area contributed by atoms with Gasteiger partial charge < -0.3 is 20.2 Å². The largest absolute Gasteiger partial charge is 0.394 e. The number of aliphatic hydroxyl groups excluding tert-OH is 1. The van der Waals surface area contributed by atoms with Gasteiger partial charge >= 0.3 is 0 Å². The van der Waals surface area contributed by atoms with Crippen LogP contribution in [0.1, 0.15) is 46.0 Å². The molecule has 2 N–H and O–H groups in total. The van der Waals surface area contributed by atoms with E-state index in [1.54, 1.807) is 0 Å². The zero-order valence-electron chi connectivity index (χ0n) is 13.6. The molecule has 0 radical (unpaired) electrons. The number of piperazine rings is 1. The molecule has 1 saturated heterocycles. The summed E-state index contributed by atoms with van der Waals surface area (Å²) in [6.45, 7) is 9.56. The molecule has 1 aliphatic heterocycles. The summed E-state index contributed by atoms with van der Waals surface area (Å²) in [6.07, 6.45) is 6.11. The standard InChI is InChI=1S/C16H33N3O/c1-14-12-19(11-10-18(14)3)9-5-4-8-16(2,13-20)17-15-6-7-15/h14-15,17,20H,4-13H2,1-3H3. The van der Waals surface area contributed by atoms with Crippen LogP contribution in [0.5, 0.6) is 0 Å². The lowest BCUT2D eigenvalue weighted by atomic mass is 9.95. The van der Waals surface area contributed by atoms with E-state index >= 15 is 0 Å². The van der Waals surface area contributed by atoms with E-state index in [4.69, 9.17) is 0 Å². The van der Waals surface area contributed by atoms with Gasteiger partial charge in [-0.1, -0.05) is 6.42 Å². The number of hydrogen-bond donors (Lipinski definition) is 2. The van der Waals surface area contributed by atoms with Crippen molar-refractivity contribution in [3.63, 3.8) is 0 Å². The van der Waals surface area contributed by atoms with Crippen LogP contribution in [0.3, 0.4) is 0 Å². The van der Waals surface area contributed by atoms with Gasteiger partial charge in [-0.15, -0.1) is 0 Å². The molecule has 2 rings (SSSR count). The third kappa shape index (κ3) is 4.99. The fourth-order valence-corrected chi connectivity index (χ4v) is 3.09. The smallest absolute Gasteiger partial charge is 0.0610 e. The van der Waals surface area contributed by atoms with Crippen molar-refractivity contribution in [2.75, 3.05) is 39.8 Å². The highest BCUT2D eigenvalue weighted by atomic mass is 16.3. The third-order valence-electron chi connectivity index (χ3n) is 4.98. The highest BCUT2D eigenvalue weighted by Crippen LogP contribution is 2.25. The molecule has 0 aromatic rings. The Balaban J connectivity index is 1.60. The molecule has 4 nitrogen and oxygen atoms in total. The summed E-state index contributed by atoms with van der Waals surface area (Å²) in [5.41, 5.74) is -0.0590. The predicted molar refractivity (Wildman–Crippen MR) is 84.0 cm³/mol. The van der Waals surface area contributed by atoms with Gasteiger partial charge in [0.1, 0.15) is 0 Å². The maximum Gasteiger partial charge on any atom is 0.0610 e. The van der Waals surface area contributed by atoms with E-state index in [1.807, 2.05) is 0 Å². The van der Waals surface area contributed by atoms with Crippen molar-refractivity contribution < 1.29 is 5.11 Å². The molecule has 1 aliphatic carbocycles. The lowest BCUT2D eigenvalue weighted by Crippen LogP contribution is -2.50. The average molecular weight is 283 g/mol. The zero-order valence-corrected chi connectivity index (χ0v) is 13.6. The summed E-state index contributed by atoms with van der Waals surface area (Å²) in [5.74, 6) is 0. The molecular weight excluding hydrogens is 250 g/mol. The maximum atomic E-state index is 9.60. The molecule has 0 spiro atoms. The lowest BCUT2D eigenvalue weighted by Gasteiger charge is -2.38. The lowest BCUT2D eigenvalue weighted by molar-refractivity contribution is 0.102. The van der Waals surface area contributed by atoms with Crippen molar-refractivity contribution in [2.24, 2.45) is 0 Å². The Morgan fingerprint density at radius 2 is 2.00 bits per heavy atom. The van der Waals surface area contributed by atoms with E-state index in [0.717, 1.165) is 6.42 Å². The van der Waals surface area contributed by atoms with Crippen LogP contribution < -0.4 is 5.32 Å². The molecule has 2 atom stereocenters. The number of rotatable bonds is 8. The Hall–Kier alpha value is -0.160. The molecular formula is C16H33N3O. The number of unbranched alkanes of at least 4 members (excludes halogenated alkanes) is 1. The molecule has 1 heterocycles. The Bertz CT molecular complexity index is 295. The van der Waals surface area contributed by atoms with Gasteiger partial charge in [0.2, 0.25) is 0 Å². The van der Waals surface area contributed by atoms with Crippen molar-refractivity contribution in [1.29, 1.82) is 0 Å². The van der Waals surface area contributed by atoms with Crippen LogP contribution in [0.2, 0.25) is 0 Å². The SMILES string of the molecule is CC1CN(CCCCC(C)(CO)NC2CC2)CCN1C. The topological polar surface area (TPSA) is 38.7 Å². The van der Waals surface area contributed by atoms with E-state index in [0.29, 0.717) is 12.1 Å². The number of nitrogens with zero attached hydrogens (tertiary/aromatic N) is 2. The molecule has 2 unspecified atom stereocenters. The summed E-state index contributed by atoms with van der Waals surface area (Å²) in [7, 11) is 2.22. The fraction of sp³-hybridized carbons (Fsp3) is 1.00. The normalized spacial score (nSPS) is 28.5. The van der Waals surface area contributed by atoms with E-state index in [1.165, 1.54) is 51.9 Å². The second-order valence-electron chi connectivity index (χ2n) is 7.22. The Morgan fingerprint density at radius 3 is 2.60 bits per heavy atom. The first-order valence-electron chi connectivity index (χ1n) is 8.33. The molecule has 4 heteroatoms. The van der Waals surface area contributed by atoms with Gasteiger partial charge in [-0.3, -0.25) is 0 Å². The first-order valence-corrected chi connectivity index (χ1v) is 8.33. The summed E-state index contributed by atoms with van der Waals surface area (Å²) < 4.78 is 0. The van der Waals surface area contributed by atoms with E-state index in [2.05, 4.69) is 36.0 Å². The van der Waals surface area contributed by atoms with Gasteiger partial charge in [-0.25, -0.2) is 0 Å². The maximum absolute atomic E-state index is 9.60. The minimum absolute atomic E-state index is 0.0590. The monoisotopic (exact) mass is 283 g/mol. The van der Waals surface area contributed by atoms with Crippen LogP contribution in [-0.4, -0.2) is 72.4 Å². The van der Waals surface area contributed by atoms with Gasteiger partial charge in [0.25, 0.3) is 0 Å². The molecule has 118 valence electrons. The van der Waals surface area contributed by atoms with Crippen LogP contribution in [-0.2, 0) is 0 Å². The minimum Gasteiger partial charge on any atom is -0.394 e. The molecule has 0 aromatic carbocycles. The van der Waals surface area contributed by atoms with Crippen LogP contribution in [0.15, 0.2) is 0 Å². The predicted octanol–water partition coefficient (Wildman–Crippen LogP) is 1.30. The zero-order chi connectivity index (χ0) is 14.6. The van der Waals surface area contributed by atoms with Gasteiger partial charge in [-0.05, 0) is 53.1 Å². The first-order chi connectivity index (χ1) is 9.52. The van der Waals surface area contributed by atoms with Crippen molar-refractivity contribution in [3.05, 3.63) is 0 Å². The third-order valence-corrected chi connectivity index (χ3v) is 4.98. The van der Waals surface area contributed by atoms with Crippen LogP contribution in [0.4, 0.5) is 0 Å². The number of aliphatic hydroxyl groups is 1. The quantitative estimate of drug-likeness (QED) is 0.659. The Morgan fingerprint density at radius 1 is 1.25 bits per heavy atom. The van der Waals surface area contributed by atoms with Crippen molar-refractivity contribution in [1.82, 2.24) is 15.1 Å². The number of nitrogens with one attached hydrogen (secondary N) is 1. The molecule has 0 bridgehead atoms. The average Bonchev–Trinajstić information content (AvgIpc) is 3.22. The van der Waals surface area contributed by atoms with E-state index in [9.17, 15) is 5.11 Å². The summed E-state index contributed by atoms with van der Waals surface area (Å²) in [5, 5.41) is 13.2. The second-order valence-corrected chi connectivity index (χ2v) is 7.22. The minimum atomic E-state index is -0.0590. The molecule has 1 saturated carbocycles. The summed E-state index contributed by atoms with van der Waals surface area (Å²) in [6, 6.07) is 1.36. The van der Waals surface area contributed by atoms with Crippen molar-refractivity contribution in [2.45, 2.75) is 63.6 Å². The fourth-order valence-electron chi connectivity index (χ4n) is 3.09. The van der Waals surface area contributed by atoms with Crippen molar-refractivity contribution in [3.8, 4) is 0 Å². The highest BCUT2D eigenvalue weighted by molar-refractivity contribution is 4.92. The molecule has 0 amide bonds. The molecule has 2 fully saturated rings.